The summed E-state index contributed by atoms with van der Waals surface area (Å²) in [5, 5.41) is 6.65. The standard InChI is InChI=1S/C10H13N5OS/c1-7-2-3-8(17-7)4-12-9(16)5-15-6-13-10(11)14-15/h2-3,6H,4-5H2,1H3,(H2,11,14)(H,12,16). The van der Waals surface area contributed by atoms with Crippen molar-refractivity contribution in [3.05, 3.63) is 28.2 Å². The second kappa shape index (κ2) is 4.96. The maximum Gasteiger partial charge on any atom is 0.242 e. The largest absolute Gasteiger partial charge is 0.367 e. The number of carbonyl (C=O) groups excluding carboxylic acids is 1. The number of amides is 1. The minimum atomic E-state index is -0.110. The molecule has 0 saturated carbocycles. The number of anilines is 1. The quantitative estimate of drug-likeness (QED) is 0.830. The van der Waals surface area contributed by atoms with Crippen LogP contribution in [0, 0.1) is 6.92 Å². The monoisotopic (exact) mass is 251 g/mol. The first-order chi connectivity index (χ1) is 8.13. The number of rotatable bonds is 4. The lowest BCUT2D eigenvalue weighted by molar-refractivity contribution is -0.122. The number of aromatic nitrogens is 3. The summed E-state index contributed by atoms with van der Waals surface area (Å²) in [7, 11) is 0. The van der Waals surface area contributed by atoms with Gasteiger partial charge in [0.1, 0.15) is 12.9 Å². The van der Waals surface area contributed by atoms with E-state index in [9.17, 15) is 4.79 Å². The van der Waals surface area contributed by atoms with Crippen LogP contribution in [0.15, 0.2) is 18.5 Å². The van der Waals surface area contributed by atoms with E-state index >= 15 is 0 Å². The van der Waals surface area contributed by atoms with Crippen LogP contribution < -0.4 is 11.1 Å². The first-order valence-electron chi connectivity index (χ1n) is 5.10. The van der Waals surface area contributed by atoms with Crippen molar-refractivity contribution in [1.29, 1.82) is 0 Å². The van der Waals surface area contributed by atoms with Gasteiger partial charge in [-0.05, 0) is 19.1 Å². The Kier molecular flexibility index (Phi) is 3.38. The van der Waals surface area contributed by atoms with Gasteiger partial charge in [-0.3, -0.25) is 4.79 Å². The number of nitrogens with zero attached hydrogens (tertiary/aromatic N) is 3. The average Bonchev–Trinajstić information content (AvgIpc) is 2.85. The lowest BCUT2D eigenvalue weighted by Crippen LogP contribution is -2.27. The van der Waals surface area contributed by atoms with Crippen molar-refractivity contribution in [1.82, 2.24) is 20.1 Å². The van der Waals surface area contributed by atoms with Crippen molar-refractivity contribution in [3.8, 4) is 0 Å². The Morgan fingerprint density at radius 1 is 1.59 bits per heavy atom. The summed E-state index contributed by atoms with van der Waals surface area (Å²) in [5.74, 6) is 0.0626. The normalized spacial score (nSPS) is 10.4. The third-order valence-corrected chi connectivity index (χ3v) is 3.12. The second-order valence-electron chi connectivity index (χ2n) is 3.59. The highest BCUT2D eigenvalue weighted by atomic mass is 32.1. The Hall–Kier alpha value is -1.89. The van der Waals surface area contributed by atoms with Crippen LogP contribution in [0.2, 0.25) is 0 Å². The molecule has 0 aromatic carbocycles. The summed E-state index contributed by atoms with van der Waals surface area (Å²) in [6.07, 6.45) is 1.43. The minimum absolute atomic E-state index is 0.110. The van der Waals surface area contributed by atoms with E-state index in [2.05, 4.69) is 15.4 Å². The Balaban J connectivity index is 1.82. The van der Waals surface area contributed by atoms with Gasteiger partial charge in [-0.1, -0.05) is 0 Å². The number of hydrogen-bond donors (Lipinski definition) is 2. The summed E-state index contributed by atoms with van der Waals surface area (Å²) in [5.41, 5.74) is 5.35. The first kappa shape index (κ1) is 11.6. The van der Waals surface area contributed by atoms with E-state index in [1.165, 1.54) is 15.9 Å². The van der Waals surface area contributed by atoms with Crippen molar-refractivity contribution in [2.24, 2.45) is 0 Å². The van der Waals surface area contributed by atoms with Crippen LogP contribution in [0.4, 0.5) is 5.95 Å². The van der Waals surface area contributed by atoms with Gasteiger partial charge in [-0.25, -0.2) is 9.67 Å². The smallest absolute Gasteiger partial charge is 0.242 e. The molecule has 17 heavy (non-hydrogen) atoms. The van der Waals surface area contributed by atoms with Crippen LogP contribution in [0.5, 0.6) is 0 Å². The molecule has 0 aliphatic heterocycles. The topological polar surface area (TPSA) is 85.8 Å². The highest BCUT2D eigenvalue weighted by Crippen LogP contribution is 2.14. The summed E-state index contributed by atoms with van der Waals surface area (Å²) in [4.78, 5) is 17.7. The lowest BCUT2D eigenvalue weighted by atomic mass is 10.4. The van der Waals surface area contributed by atoms with Crippen LogP contribution >= 0.6 is 11.3 Å². The van der Waals surface area contributed by atoms with Crippen LogP contribution in [-0.4, -0.2) is 20.7 Å². The molecular weight excluding hydrogens is 238 g/mol. The fraction of sp³-hybridized carbons (Fsp3) is 0.300. The molecule has 2 aromatic rings. The highest BCUT2D eigenvalue weighted by molar-refractivity contribution is 7.11. The molecule has 0 aliphatic carbocycles. The number of nitrogens with two attached hydrogens (primary N) is 1. The van der Waals surface area contributed by atoms with Crippen LogP contribution in [-0.2, 0) is 17.9 Å². The zero-order chi connectivity index (χ0) is 12.3. The number of nitrogens with one attached hydrogen (secondary N) is 1. The predicted molar refractivity (Wildman–Crippen MR) is 65.3 cm³/mol. The molecule has 2 aromatic heterocycles. The molecule has 0 atom stereocenters. The van der Waals surface area contributed by atoms with Crippen molar-refractivity contribution >= 4 is 23.2 Å². The summed E-state index contributed by atoms with van der Waals surface area (Å²) in [6, 6.07) is 4.04. The van der Waals surface area contributed by atoms with Crippen molar-refractivity contribution in [2.75, 3.05) is 5.73 Å². The Labute approximate surface area is 102 Å². The maximum atomic E-state index is 11.6. The van der Waals surface area contributed by atoms with Gasteiger partial charge < -0.3 is 11.1 Å². The van der Waals surface area contributed by atoms with Gasteiger partial charge in [0, 0.05) is 9.75 Å². The zero-order valence-corrected chi connectivity index (χ0v) is 10.2. The van der Waals surface area contributed by atoms with Crippen molar-refractivity contribution < 1.29 is 4.79 Å². The highest BCUT2D eigenvalue weighted by Gasteiger charge is 2.05. The van der Waals surface area contributed by atoms with Gasteiger partial charge in [0.25, 0.3) is 0 Å². The van der Waals surface area contributed by atoms with Crippen LogP contribution in [0.3, 0.4) is 0 Å². The van der Waals surface area contributed by atoms with Gasteiger partial charge in [-0.2, -0.15) is 0 Å². The molecule has 2 heterocycles. The molecule has 7 heteroatoms. The van der Waals surface area contributed by atoms with E-state index in [4.69, 9.17) is 5.73 Å². The molecule has 2 rings (SSSR count). The summed E-state index contributed by atoms with van der Waals surface area (Å²) < 4.78 is 1.41. The fourth-order valence-electron chi connectivity index (χ4n) is 1.35. The van der Waals surface area contributed by atoms with Crippen molar-refractivity contribution in [3.63, 3.8) is 0 Å². The maximum absolute atomic E-state index is 11.6. The Morgan fingerprint density at radius 2 is 2.41 bits per heavy atom. The second-order valence-corrected chi connectivity index (χ2v) is 4.96. The van der Waals surface area contributed by atoms with E-state index < -0.39 is 0 Å². The number of aryl methyl sites for hydroxylation is 1. The van der Waals surface area contributed by atoms with E-state index in [0.717, 1.165) is 4.88 Å². The third kappa shape index (κ3) is 3.28. The average molecular weight is 251 g/mol. The molecule has 0 aliphatic rings. The molecule has 3 N–H and O–H groups in total. The number of nitrogen functional groups attached to an aromatic ring is 1. The third-order valence-electron chi connectivity index (χ3n) is 2.12. The lowest BCUT2D eigenvalue weighted by Gasteiger charge is -2.02. The van der Waals surface area contributed by atoms with Crippen LogP contribution in [0.25, 0.3) is 0 Å². The van der Waals surface area contributed by atoms with Gasteiger partial charge in [0.05, 0.1) is 6.54 Å². The van der Waals surface area contributed by atoms with E-state index in [1.807, 2.05) is 19.1 Å². The van der Waals surface area contributed by atoms with Crippen molar-refractivity contribution in [2.45, 2.75) is 20.0 Å². The molecule has 90 valence electrons. The summed E-state index contributed by atoms with van der Waals surface area (Å²) in [6.45, 7) is 2.71. The van der Waals surface area contributed by atoms with Gasteiger partial charge in [-0.15, -0.1) is 16.4 Å². The Bertz CT molecular complexity index is 518. The van der Waals surface area contributed by atoms with Gasteiger partial charge >= 0.3 is 0 Å². The van der Waals surface area contributed by atoms with Crippen LogP contribution in [0.1, 0.15) is 9.75 Å². The zero-order valence-electron chi connectivity index (χ0n) is 9.38. The fourth-order valence-corrected chi connectivity index (χ4v) is 2.18. The number of thiophene rings is 1. The van der Waals surface area contributed by atoms with E-state index in [-0.39, 0.29) is 18.4 Å². The Morgan fingerprint density at radius 3 is 3.00 bits per heavy atom. The molecule has 0 fully saturated rings. The molecule has 0 radical (unpaired) electrons. The predicted octanol–water partition coefficient (Wildman–Crippen LogP) is 0.547. The van der Waals surface area contributed by atoms with Gasteiger partial charge in [0.15, 0.2) is 0 Å². The molecule has 0 spiro atoms. The SMILES string of the molecule is Cc1ccc(CNC(=O)Cn2cnc(N)n2)s1. The number of carbonyl (C=O) groups is 1. The molecule has 0 unspecified atom stereocenters. The van der Waals surface area contributed by atoms with Gasteiger partial charge in [0.2, 0.25) is 11.9 Å². The molecule has 6 nitrogen and oxygen atoms in total. The first-order valence-corrected chi connectivity index (χ1v) is 5.92. The molecule has 0 saturated heterocycles. The molecule has 1 amide bonds. The van der Waals surface area contributed by atoms with E-state index in [1.54, 1.807) is 11.3 Å². The number of hydrogen-bond acceptors (Lipinski definition) is 5. The van der Waals surface area contributed by atoms with E-state index in [0.29, 0.717) is 6.54 Å². The minimum Gasteiger partial charge on any atom is -0.367 e. The molecule has 0 bridgehead atoms. The summed E-state index contributed by atoms with van der Waals surface area (Å²) >= 11 is 1.67. The molecular formula is C10H13N5OS.